The molecule has 0 aliphatic rings. The largest absolute Gasteiger partial charge is 0.388 e. The molecule has 0 radical (unpaired) electrons. The van der Waals surface area contributed by atoms with E-state index in [1.807, 2.05) is 0 Å². The molecule has 1 unspecified atom stereocenters. The van der Waals surface area contributed by atoms with Gasteiger partial charge in [0.05, 0.1) is 6.10 Å². The molecule has 2 rings (SSSR count). The van der Waals surface area contributed by atoms with Crippen LogP contribution < -0.4 is 0 Å². The van der Waals surface area contributed by atoms with Crippen LogP contribution in [-0.2, 0) is 6.42 Å². The summed E-state index contributed by atoms with van der Waals surface area (Å²) in [5.74, 6) is -3.75. The average Bonchev–Trinajstić information content (AvgIpc) is 2.37. The Morgan fingerprint density at radius 3 is 2.05 bits per heavy atom. The van der Waals surface area contributed by atoms with Gasteiger partial charge in [-0.1, -0.05) is 12.1 Å². The van der Waals surface area contributed by atoms with Crippen molar-refractivity contribution in [1.82, 2.24) is 0 Å². The van der Waals surface area contributed by atoms with Crippen molar-refractivity contribution in [2.75, 3.05) is 0 Å². The van der Waals surface area contributed by atoms with Crippen LogP contribution in [0.5, 0.6) is 0 Å². The third kappa shape index (κ3) is 2.93. The number of aliphatic hydroxyl groups is 1. The second kappa shape index (κ2) is 5.40. The fraction of sp³-hybridized carbons (Fsp3) is 0.143. The Morgan fingerprint density at radius 1 is 0.842 bits per heavy atom. The van der Waals surface area contributed by atoms with E-state index in [0.29, 0.717) is 0 Å². The Labute approximate surface area is 107 Å². The molecule has 1 nitrogen and oxygen atoms in total. The molecule has 0 amide bonds. The van der Waals surface area contributed by atoms with Crippen LogP contribution in [0.25, 0.3) is 0 Å². The van der Waals surface area contributed by atoms with Crippen molar-refractivity contribution in [3.8, 4) is 0 Å². The van der Waals surface area contributed by atoms with E-state index in [0.717, 1.165) is 24.3 Å². The standard InChI is InChI=1S/C14H10F4O/c15-10-2-1-3-11(16)9(10)7-14(19)8-4-5-12(17)13(18)6-8/h1-6,14,19H,7H2. The first-order valence-electron chi connectivity index (χ1n) is 5.55. The molecule has 0 saturated carbocycles. The van der Waals surface area contributed by atoms with E-state index in [-0.39, 0.29) is 17.5 Å². The number of hydrogen-bond acceptors (Lipinski definition) is 1. The Kier molecular flexibility index (Phi) is 3.85. The maximum Gasteiger partial charge on any atom is 0.159 e. The normalized spacial score (nSPS) is 12.5. The molecule has 0 heterocycles. The van der Waals surface area contributed by atoms with Crippen molar-refractivity contribution >= 4 is 0 Å². The molecule has 2 aromatic carbocycles. The van der Waals surface area contributed by atoms with Gasteiger partial charge in [0.1, 0.15) is 11.6 Å². The summed E-state index contributed by atoms with van der Waals surface area (Å²) in [7, 11) is 0. The molecule has 19 heavy (non-hydrogen) atoms. The summed E-state index contributed by atoms with van der Waals surface area (Å²) in [5.41, 5.74) is -0.235. The van der Waals surface area contributed by atoms with Crippen molar-refractivity contribution in [3.05, 3.63) is 70.8 Å². The van der Waals surface area contributed by atoms with Gasteiger partial charge in [0.15, 0.2) is 11.6 Å². The number of halogens is 4. The van der Waals surface area contributed by atoms with Crippen LogP contribution in [0.15, 0.2) is 36.4 Å². The average molecular weight is 270 g/mol. The van der Waals surface area contributed by atoms with Crippen LogP contribution in [0.1, 0.15) is 17.2 Å². The van der Waals surface area contributed by atoms with Crippen LogP contribution in [-0.4, -0.2) is 5.11 Å². The summed E-state index contributed by atoms with van der Waals surface area (Å²) in [5, 5.41) is 9.82. The predicted molar refractivity (Wildman–Crippen MR) is 61.4 cm³/mol. The summed E-state index contributed by atoms with van der Waals surface area (Å²) >= 11 is 0. The highest BCUT2D eigenvalue weighted by Gasteiger charge is 2.16. The molecule has 0 bridgehead atoms. The molecular formula is C14H10F4O. The third-order valence-corrected chi connectivity index (χ3v) is 2.79. The number of aliphatic hydroxyl groups excluding tert-OH is 1. The van der Waals surface area contributed by atoms with E-state index in [4.69, 9.17) is 0 Å². The van der Waals surface area contributed by atoms with Crippen LogP contribution in [0.3, 0.4) is 0 Å². The first kappa shape index (κ1) is 13.5. The van der Waals surface area contributed by atoms with Crippen molar-refractivity contribution in [2.24, 2.45) is 0 Å². The van der Waals surface area contributed by atoms with E-state index in [1.165, 1.54) is 12.1 Å². The number of hydrogen-bond donors (Lipinski definition) is 1. The van der Waals surface area contributed by atoms with Gasteiger partial charge in [0, 0.05) is 12.0 Å². The highest BCUT2D eigenvalue weighted by atomic mass is 19.2. The molecule has 0 spiro atoms. The maximum absolute atomic E-state index is 13.4. The highest BCUT2D eigenvalue weighted by molar-refractivity contribution is 5.25. The molecule has 0 aromatic heterocycles. The zero-order chi connectivity index (χ0) is 14.0. The minimum Gasteiger partial charge on any atom is -0.388 e. The van der Waals surface area contributed by atoms with E-state index < -0.39 is 29.4 Å². The van der Waals surface area contributed by atoms with Gasteiger partial charge in [0.25, 0.3) is 0 Å². The highest BCUT2D eigenvalue weighted by Crippen LogP contribution is 2.23. The van der Waals surface area contributed by atoms with Crippen molar-refractivity contribution < 1.29 is 22.7 Å². The first-order chi connectivity index (χ1) is 8.99. The summed E-state index contributed by atoms with van der Waals surface area (Å²) in [6.07, 6.45) is -1.68. The molecule has 0 aliphatic heterocycles. The van der Waals surface area contributed by atoms with Crippen LogP contribution in [0, 0.1) is 23.3 Å². The van der Waals surface area contributed by atoms with Crippen molar-refractivity contribution in [1.29, 1.82) is 0 Å². The molecule has 5 heteroatoms. The Morgan fingerprint density at radius 2 is 1.47 bits per heavy atom. The minimum atomic E-state index is -1.32. The molecule has 0 aliphatic carbocycles. The van der Waals surface area contributed by atoms with Crippen molar-refractivity contribution in [2.45, 2.75) is 12.5 Å². The van der Waals surface area contributed by atoms with Gasteiger partial charge in [-0.3, -0.25) is 0 Å². The van der Waals surface area contributed by atoms with E-state index in [1.54, 1.807) is 0 Å². The van der Waals surface area contributed by atoms with Gasteiger partial charge in [-0.05, 0) is 29.8 Å². The van der Waals surface area contributed by atoms with Crippen LogP contribution in [0.2, 0.25) is 0 Å². The third-order valence-electron chi connectivity index (χ3n) is 2.79. The lowest BCUT2D eigenvalue weighted by molar-refractivity contribution is 0.175. The fourth-order valence-electron chi connectivity index (χ4n) is 1.76. The fourth-order valence-corrected chi connectivity index (χ4v) is 1.76. The summed E-state index contributed by atoms with van der Waals surface area (Å²) in [6, 6.07) is 6.16. The molecule has 1 atom stereocenters. The predicted octanol–water partition coefficient (Wildman–Crippen LogP) is 3.52. The molecule has 100 valence electrons. The number of benzene rings is 2. The lowest BCUT2D eigenvalue weighted by Gasteiger charge is -2.12. The maximum atomic E-state index is 13.4. The van der Waals surface area contributed by atoms with Crippen molar-refractivity contribution in [3.63, 3.8) is 0 Å². The monoisotopic (exact) mass is 270 g/mol. The summed E-state index contributed by atoms with van der Waals surface area (Å²) in [4.78, 5) is 0. The summed E-state index contributed by atoms with van der Waals surface area (Å²) < 4.78 is 52.5. The van der Waals surface area contributed by atoms with Crippen LogP contribution in [0.4, 0.5) is 17.6 Å². The lowest BCUT2D eigenvalue weighted by atomic mass is 10.0. The molecule has 2 aromatic rings. The second-order valence-electron chi connectivity index (χ2n) is 4.09. The van der Waals surface area contributed by atoms with E-state index in [2.05, 4.69) is 0 Å². The molecule has 0 fully saturated rings. The zero-order valence-electron chi connectivity index (χ0n) is 9.71. The molecule has 1 N–H and O–H groups in total. The Hall–Kier alpha value is -1.88. The lowest BCUT2D eigenvalue weighted by Crippen LogP contribution is -2.06. The van der Waals surface area contributed by atoms with Gasteiger partial charge in [-0.15, -0.1) is 0 Å². The number of rotatable bonds is 3. The second-order valence-corrected chi connectivity index (χ2v) is 4.09. The molecular weight excluding hydrogens is 260 g/mol. The zero-order valence-corrected chi connectivity index (χ0v) is 9.71. The van der Waals surface area contributed by atoms with E-state index >= 15 is 0 Å². The minimum absolute atomic E-state index is 0.0570. The smallest absolute Gasteiger partial charge is 0.159 e. The van der Waals surface area contributed by atoms with E-state index in [9.17, 15) is 22.7 Å². The van der Waals surface area contributed by atoms with Gasteiger partial charge < -0.3 is 5.11 Å². The van der Waals surface area contributed by atoms with Gasteiger partial charge in [-0.25, -0.2) is 17.6 Å². The van der Waals surface area contributed by atoms with Gasteiger partial charge >= 0.3 is 0 Å². The SMILES string of the molecule is OC(Cc1c(F)cccc1F)c1ccc(F)c(F)c1. The quantitative estimate of drug-likeness (QED) is 0.846. The first-order valence-corrected chi connectivity index (χ1v) is 5.55. The molecule has 0 saturated heterocycles. The Balaban J connectivity index is 2.25. The van der Waals surface area contributed by atoms with Gasteiger partial charge in [-0.2, -0.15) is 0 Å². The van der Waals surface area contributed by atoms with Gasteiger partial charge in [0.2, 0.25) is 0 Å². The Bertz CT molecular complexity index is 578. The van der Waals surface area contributed by atoms with Crippen LogP contribution >= 0.6 is 0 Å². The topological polar surface area (TPSA) is 20.2 Å². The summed E-state index contributed by atoms with van der Waals surface area (Å²) in [6.45, 7) is 0.